The number of aliphatic imine (C=N–C) groups is 1. The van der Waals surface area contributed by atoms with E-state index in [1.54, 1.807) is 19.3 Å². The molecule has 0 aromatic heterocycles. The molecule has 0 saturated carbocycles. The molecule has 0 radical (unpaired) electrons. The summed E-state index contributed by atoms with van der Waals surface area (Å²) in [5.41, 5.74) is 2.82. The fraction of sp³-hybridized carbons (Fsp3) is 0.182. The van der Waals surface area contributed by atoms with Gasteiger partial charge in [0.05, 0.1) is 22.2 Å². The minimum atomic E-state index is -0.193. The van der Waals surface area contributed by atoms with Gasteiger partial charge in [0.25, 0.3) is 5.91 Å². The van der Waals surface area contributed by atoms with Gasteiger partial charge in [0.1, 0.15) is 6.61 Å². The molecule has 1 fully saturated rings. The van der Waals surface area contributed by atoms with Crippen LogP contribution >= 0.6 is 27.7 Å². The van der Waals surface area contributed by atoms with Crippen molar-refractivity contribution in [3.8, 4) is 23.8 Å². The molecular weight excluding hydrogens is 452 g/mol. The molecule has 29 heavy (non-hydrogen) atoms. The third kappa shape index (κ3) is 5.22. The van der Waals surface area contributed by atoms with Crippen LogP contribution < -0.4 is 14.8 Å². The number of hydrogen-bond acceptors (Lipinski definition) is 5. The predicted octanol–water partition coefficient (Wildman–Crippen LogP) is 4.92. The maximum absolute atomic E-state index is 12.4. The molecule has 7 heteroatoms. The van der Waals surface area contributed by atoms with E-state index in [0.29, 0.717) is 26.0 Å². The Morgan fingerprint density at radius 2 is 2.07 bits per heavy atom. The number of rotatable bonds is 6. The molecule has 1 heterocycles. The second-order valence-electron chi connectivity index (χ2n) is 6.03. The minimum Gasteiger partial charge on any atom is -0.493 e. The molecule has 1 amide bonds. The summed E-state index contributed by atoms with van der Waals surface area (Å²) in [4.78, 5) is 17.4. The van der Waals surface area contributed by atoms with Gasteiger partial charge in [0.15, 0.2) is 16.7 Å². The van der Waals surface area contributed by atoms with E-state index in [1.807, 2.05) is 30.3 Å². The van der Waals surface area contributed by atoms with Crippen LogP contribution in [0.2, 0.25) is 0 Å². The molecule has 0 bridgehead atoms. The monoisotopic (exact) mass is 470 g/mol. The van der Waals surface area contributed by atoms with Gasteiger partial charge in [-0.05, 0) is 75.6 Å². The number of thioether (sulfide) groups is 1. The second-order valence-corrected chi connectivity index (χ2v) is 7.91. The lowest BCUT2D eigenvalue weighted by Crippen LogP contribution is -2.19. The number of terminal acetylenes is 1. The van der Waals surface area contributed by atoms with Crippen LogP contribution in [-0.2, 0) is 11.2 Å². The summed E-state index contributed by atoms with van der Waals surface area (Å²) in [6, 6.07) is 11.6. The fourth-order valence-corrected chi connectivity index (χ4v) is 4.05. The smallest absolute Gasteiger partial charge is 0.264 e. The van der Waals surface area contributed by atoms with Crippen molar-refractivity contribution in [2.45, 2.75) is 13.3 Å². The number of nitrogens with one attached hydrogen (secondary N) is 1. The Bertz CT molecular complexity index is 1020. The molecule has 1 saturated heterocycles. The zero-order valence-electron chi connectivity index (χ0n) is 16.0. The van der Waals surface area contributed by atoms with E-state index in [0.717, 1.165) is 17.7 Å². The topological polar surface area (TPSA) is 59.9 Å². The van der Waals surface area contributed by atoms with Crippen LogP contribution in [0, 0.1) is 12.3 Å². The van der Waals surface area contributed by atoms with Crippen molar-refractivity contribution in [3.63, 3.8) is 0 Å². The number of amides is 1. The Morgan fingerprint density at radius 1 is 1.31 bits per heavy atom. The highest BCUT2D eigenvalue weighted by Crippen LogP contribution is 2.38. The highest BCUT2D eigenvalue weighted by atomic mass is 79.9. The number of nitrogens with zero attached hydrogens (tertiary/aromatic N) is 1. The summed E-state index contributed by atoms with van der Waals surface area (Å²) in [5.74, 6) is 3.28. The maximum Gasteiger partial charge on any atom is 0.264 e. The van der Waals surface area contributed by atoms with Gasteiger partial charge in [0.2, 0.25) is 0 Å². The molecule has 1 aliphatic rings. The zero-order valence-corrected chi connectivity index (χ0v) is 18.4. The number of ether oxygens (including phenoxy) is 2. The van der Waals surface area contributed by atoms with Crippen molar-refractivity contribution in [1.29, 1.82) is 0 Å². The van der Waals surface area contributed by atoms with Gasteiger partial charge < -0.3 is 14.8 Å². The van der Waals surface area contributed by atoms with Gasteiger partial charge in [-0.15, -0.1) is 6.42 Å². The van der Waals surface area contributed by atoms with E-state index in [4.69, 9.17) is 15.9 Å². The van der Waals surface area contributed by atoms with Gasteiger partial charge >= 0.3 is 0 Å². The van der Waals surface area contributed by atoms with Gasteiger partial charge in [-0.1, -0.05) is 25.0 Å². The maximum atomic E-state index is 12.4. The quantitative estimate of drug-likeness (QED) is 0.480. The molecule has 3 rings (SSSR count). The molecule has 1 aliphatic heterocycles. The lowest BCUT2D eigenvalue weighted by atomic mass is 10.2. The summed E-state index contributed by atoms with van der Waals surface area (Å²) in [6.45, 7) is 2.23. The molecule has 2 aromatic rings. The molecule has 2 aromatic carbocycles. The molecule has 0 unspecified atom stereocenters. The largest absolute Gasteiger partial charge is 0.493 e. The first-order valence-electron chi connectivity index (χ1n) is 8.86. The lowest BCUT2D eigenvalue weighted by Gasteiger charge is -2.12. The Morgan fingerprint density at radius 3 is 2.72 bits per heavy atom. The molecule has 0 aliphatic carbocycles. The van der Waals surface area contributed by atoms with E-state index >= 15 is 0 Å². The van der Waals surface area contributed by atoms with Gasteiger partial charge in [0, 0.05) is 0 Å². The number of carbonyl (C=O) groups is 1. The number of benzene rings is 2. The van der Waals surface area contributed by atoms with Crippen LogP contribution in [0.4, 0.5) is 5.69 Å². The van der Waals surface area contributed by atoms with Crippen molar-refractivity contribution in [3.05, 3.63) is 56.9 Å². The van der Waals surface area contributed by atoms with Crippen molar-refractivity contribution in [2.24, 2.45) is 4.99 Å². The van der Waals surface area contributed by atoms with Crippen molar-refractivity contribution >= 4 is 50.5 Å². The molecule has 148 valence electrons. The van der Waals surface area contributed by atoms with Crippen LogP contribution in [0.15, 0.2) is 50.8 Å². The number of amidine groups is 1. The minimum absolute atomic E-state index is 0.132. The van der Waals surface area contributed by atoms with Crippen LogP contribution in [0.3, 0.4) is 0 Å². The molecule has 0 spiro atoms. The Balaban J connectivity index is 1.83. The van der Waals surface area contributed by atoms with E-state index in [9.17, 15) is 4.79 Å². The van der Waals surface area contributed by atoms with Crippen LogP contribution in [0.5, 0.6) is 11.5 Å². The fourth-order valence-electron chi connectivity index (χ4n) is 2.63. The average Bonchev–Trinajstić information content (AvgIpc) is 3.06. The van der Waals surface area contributed by atoms with E-state index < -0.39 is 0 Å². The van der Waals surface area contributed by atoms with E-state index in [1.165, 1.54) is 17.3 Å². The first-order valence-corrected chi connectivity index (χ1v) is 10.5. The number of aryl methyl sites for hydroxylation is 1. The second kappa shape index (κ2) is 9.68. The number of methoxy groups -OCH3 is 1. The Kier molecular flexibility index (Phi) is 7.02. The van der Waals surface area contributed by atoms with Gasteiger partial charge in [-0.2, -0.15) is 0 Å². The summed E-state index contributed by atoms with van der Waals surface area (Å²) >= 11 is 4.76. The van der Waals surface area contributed by atoms with Crippen molar-refractivity contribution in [1.82, 2.24) is 5.32 Å². The number of halogens is 1. The Hall–Kier alpha value is -2.69. The molecule has 5 nitrogen and oxygen atoms in total. The number of hydrogen-bond donors (Lipinski definition) is 1. The zero-order chi connectivity index (χ0) is 20.8. The SMILES string of the molecule is C#CCOc1c(Br)cc(/C=C2\SC(=Nc3ccc(CC)cc3)NC2=O)cc1OC. The lowest BCUT2D eigenvalue weighted by molar-refractivity contribution is -0.115. The van der Waals surface area contributed by atoms with Crippen molar-refractivity contribution in [2.75, 3.05) is 13.7 Å². The third-order valence-electron chi connectivity index (χ3n) is 4.08. The number of carbonyl (C=O) groups excluding carboxylic acids is 1. The van der Waals surface area contributed by atoms with Gasteiger partial charge in [-0.25, -0.2) is 4.99 Å². The molecule has 0 atom stereocenters. The highest BCUT2D eigenvalue weighted by Gasteiger charge is 2.24. The van der Waals surface area contributed by atoms with Crippen LogP contribution in [0.1, 0.15) is 18.1 Å². The highest BCUT2D eigenvalue weighted by molar-refractivity contribution is 9.10. The molecular formula is C22H19BrN2O3S. The summed E-state index contributed by atoms with van der Waals surface area (Å²) < 4.78 is 11.6. The first-order chi connectivity index (χ1) is 14.0. The molecule has 1 N–H and O–H groups in total. The van der Waals surface area contributed by atoms with Crippen LogP contribution in [-0.4, -0.2) is 24.8 Å². The van der Waals surface area contributed by atoms with Crippen LogP contribution in [0.25, 0.3) is 6.08 Å². The van der Waals surface area contributed by atoms with Gasteiger partial charge in [-0.3, -0.25) is 4.79 Å². The summed E-state index contributed by atoms with van der Waals surface area (Å²) in [6.07, 6.45) is 8.01. The predicted molar refractivity (Wildman–Crippen MR) is 122 cm³/mol. The van der Waals surface area contributed by atoms with E-state index in [-0.39, 0.29) is 12.5 Å². The standard InChI is InChI=1S/C22H19BrN2O3S/c1-4-10-28-20-17(23)11-15(12-18(20)27-3)13-19-21(26)25-22(29-19)24-16-8-6-14(5-2)7-9-16/h1,6-9,11-13H,5,10H2,2-3H3,(H,24,25,26)/b19-13-. The Labute approximate surface area is 182 Å². The van der Waals surface area contributed by atoms with E-state index in [2.05, 4.69) is 39.1 Å². The third-order valence-corrected chi connectivity index (χ3v) is 5.57. The summed E-state index contributed by atoms with van der Waals surface area (Å²) in [7, 11) is 1.55. The average molecular weight is 471 g/mol. The first kappa shape index (κ1) is 21.0. The summed E-state index contributed by atoms with van der Waals surface area (Å²) in [5, 5.41) is 3.35. The normalized spacial score (nSPS) is 16.0. The van der Waals surface area contributed by atoms with Crippen molar-refractivity contribution < 1.29 is 14.3 Å².